The Morgan fingerprint density at radius 3 is 2.67 bits per heavy atom. The van der Waals surface area contributed by atoms with Gasteiger partial charge in [-0.1, -0.05) is 11.6 Å². The van der Waals surface area contributed by atoms with Crippen molar-refractivity contribution in [2.24, 2.45) is 0 Å². The van der Waals surface area contributed by atoms with Crippen LogP contribution >= 0.6 is 11.6 Å². The number of hydrogen-bond donors (Lipinski definition) is 3. The van der Waals surface area contributed by atoms with Crippen LogP contribution in [-0.2, 0) is 6.54 Å². The van der Waals surface area contributed by atoms with E-state index in [0.717, 1.165) is 25.2 Å². The molecule has 0 aliphatic carbocycles. The first-order valence-electron chi connectivity index (χ1n) is 7.55. The molecular formula is C16H18ClN7. The Bertz CT molecular complexity index is 772. The molecule has 0 aliphatic rings. The summed E-state index contributed by atoms with van der Waals surface area (Å²) in [5.74, 6) is 1.18. The number of benzene rings is 1. The molecule has 0 radical (unpaired) electrons. The predicted octanol–water partition coefficient (Wildman–Crippen LogP) is 3.15. The van der Waals surface area contributed by atoms with Crippen molar-refractivity contribution in [1.82, 2.24) is 19.5 Å². The monoisotopic (exact) mass is 343 g/mol. The van der Waals surface area contributed by atoms with Gasteiger partial charge in [-0.3, -0.25) is 0 Å². The second kappa shape index (κ2) is 7.65. The number of nitrogens with two attached hydrogens (primary N) is 1. The average molecular weight is 344 g/mol. The van der Waals surface area contributed by atoms with E-state index in [0.29, 0.717) is 22.3 Å². The van der Waals surface area contributed by atoms with Crippen LogP contribution in [0.25, 0.3) is 0 Å². The van der Waals surface area contributed by atoms with Crippen LogP contribution in [0.4, 0.5) is 23.0 Å². The molecule has 4 N–H and O–H groups in total. The molecule has 0 saturated carbocycles. The predicted molar refractivity (Wildman–Crippen MR) is 96.5 cm³/mol. The van der Waals surface area contributed by atoms with E-state index in [2.05, 4.69) is 25.6 Å². The van der Waals surface area contributed by atoms with Crippen molar-refractivity contribution in [3.05, 3.63) is 54.3 Å². The molecule has 0 atom stereocenters. The highest BCUT2D eigenvalue weighted by Crippen LogP contribution is 2.26. The van der Waals surface area contributed by atoms with Crippen molar-refractivity contribution in [1.29, 1.82) is 0 Å². The van der Waals surface area contributed by atoms with E-state index >= 15 is 0 Å². The molecule has 24 heavy (non-hydrogen) atoms. The zero-order valence-electron chi connectivity index (χ0n) is 13.0. The molecule has 0 fully saturated rings. The molecule has 3 aromatic rings. The zero-order valence-corrected chi connectivity index (χ0v) is 13.7. The minimum Gasteiger partial charge on any atom is -0.393 e. The van der Waals surface area contributed by atoms with Crippen molar-refractivity contribution in [2.75, 3.05) is 22.9 Å². The van der Waals surface area contributed by atoms with Gasteiger partial charge in [-0.25, -0.2) is 15.0 Å². The van der Waals surface area contributed by atoms with Crippen molar-refractivity contribution in [3.63, 3.8) is 0 Å². The third-order valence-corrected chi connectivity index (χ3v) is 3.69. The third-order valence-electron chi connectivity index (χ3n) is 3.44. The van der Waals surface area contributed by atoms with E-state index in [1.54, 1.807) is 24.7 Å². The van der Waals surface area contributed by atoms with E-state index in [-0.39, 0.29) is 0 Å². The Morgan fingerprint density at radius 2 is 1.92 bits per heavy atom. The summed E-state index contributed by atoms with van der Waals surface area (Å²) in [4.78, 5) is 12.4. The van der Waals surface area contributed by atoms with E-state index in [1.165, 1.54) is 6.33 Å². The Kier molecular flexibility index (Phi) is 5.12. The fraction of sp³-hybridized carbons (Fsp3) is 0.188. The molecule has 7 nitrogen and oxygen atoms in total. The average Bonchev–Trinajstić information content (AvgIpc) is 3.10. The highest BCUT2D eigenvalue weighted by Gasteiger charge is 2.08. The number of rotatable bonds is 7. The first kappa shape index (κ1) is 16.1. The lowest BCUT2D eigenvalue weighted by atomic mass is 10.3. The summed E-state index contributed by atoms with van der Waals surface area (Å²) in [5.41, 5.74) is 7.49. The van der Waals surface area contributed by atoms with Gasteiger partial charge in [0.2, 0.25) is 0 Å². The van der Waals surface area contributed by atoms with Crippen molar-refractivity contribution >= 4 is 34.6 Å². The maximum absolute atomic E-state index is 6.15. The lowest BCUT2D eigenvalue weighted by molar-refractivity contribution is 0.660. The summed E-state index contributed by atoms with van der Waals surface area (Å²) in [6.45, 7) is 1.63. The maximum Gasteiger partial charge on any atom is 0.159 e. The number of halogens is 1. The number of nitrogens with zero attached hydrogens (tertiary/aromatic N) is 4. The molecule has 2 heterocycles. The molecule has 3 rings (SSSR count). The van der Waals surface area contributed by atoms with E-state index in [9.17, 15) is 0 Å². The fourth-order valence-electron chi connectivity index (χ4n) is 2.19. The highest BCUT2D eigenvalue weighted by molar-refractivity contribution is 6.30. The first-order chi connectivity index (χ1) is 11.7. The van der Waals surface area contributed by atoms with Gasteiger partial charge < -0.3 is 20.9 Å². The van der Waals surface area contributed by atoms with Gasteiger partial charge in [0.05, 0.1) is 6.33 Å². The summed E-state index contributed by atoms with van der Waals surface area (Å²) in [7, 11) is 0. The molecular weight excluding hydrogens is 326 g/mol. The van der Waals surface area contributed by atoms with Crippen LogP contribution in [0.15, 0.2) is 49.3 Å². The molecule has 0 saturated heterocycles. The van der Waals surface area contributed by atoms with Crippen molar-refractivity contribution in [3.8, 4) is 0 Å². The minimum atomic E-state index is 0.482. The highest BCUT2D eigenvalue weighted by atomic mass is 35.5. The minimum absolute atomic E-state index is 0.482. The van der Waals surface area contributed by atoms with Gasteiger partial charge in [-0.15, -0.1) is 0 Å². The first-order valence-corrected chi connectivity index (χ1v) is 7.93. The van der Waals surface area contributed by atoms with Crippen LogP contribution < -0.4 is 16.4 Å². The quantitative estimate of drug-likeness (QED) is 0.570. The number of anilines is 4. The van der Waals surface area contributed by atoms with Crippen LogP contribution in [0.1, 0.15) is 6.42 Å². The summed E-state index contributed by atoms with van der Waals surface area (Å²) in [6, 6.07) is 7.33. The number of aryl methyl sites for hydroxylation is 1. The smallest absolute Gasteiger partial charge is 0.159 e. The lowest BCUT2D eigenvalue weighted by Crippen LogP contribution is -2.10. The Morgan fingerprint density at radius 1 is 1.12 bits per heavy atom. The van der Waals surface area contributed by atoms with E-state index in [1.807, 2.05) is 22.9 Å². The molecule has 1 aromatic carbocycles. The summed E-state index contributed by atoms with van der Waals surface area (Å²) >= 11 is 5.89. The maximum atomic E-state index is 6.15. The molecule has 0 bridgehead atoms. The van der Waals surface area contributed by atoms with Gasteiger partial charge >= 0.3 is 0 Å². The van der Waals surface area contributed by atoms with Gasteiger partial charge in [0, 0.05) is 36.2 Å². The summed E-state index contributed by atoms with van der Waals surface area (Å²) in [6.07, 6.45) is 7.91. The second-order valence-electron chi connectivity index (χ2n) is 5.20. The summed E-state index contributed by atoms with van der Waals surface area (Å²) in [5, 5.41) is 7.08. The van der Waals surface area contributed by atoms with Crippen LogP contribution in [0.2, 0.25) is 5.02 Å². The fourth-order valence-corrected chi connectivity index (χ4v) is 2.32. The van der Waals surface area contributed by atoms with Crippen LogP contribution in [0.3, 0.4) is 0 Å². The molecule has 8 heteroatoms. The zero-order chi connectivity index (χ0) is 16.8. The van der Waals surface area contributed by atoms with Gasteiger partial charge in [0.25, 0.3) is 0 Å². The molecule has 0 amide bonds. The molecule has 2 aromatic heterocycles. The number of aromatic nitrogens is 4. The lowest BCUT2D eigenvalue weighted by Gasteiger charge is -2.12. The van der Waals surface area contributed by atoms with Gasteiger partial charge in [0.1, 0.15) is 12.0 Å². The standard InChI is InChI=1S/C16H18ClN7/c17-12-2-4-13(5-3-12)23-16-14(18)15(21-10-22-16)20-6-1-8-24-9-7-19-11-24/h2-5,7,9-11H,1,6,8,18H2,(H2,20,21,22,23). The van der Waals surface area contributed by atoms with Gasteiger partial charge in [-0.2, -0.15) is 0 Å². The van der Waals surface area contributed by atoms with Gasteiger partial charge in [-0.05, 0) is 30.7 Å². The Balaban J connectivity index is 1.59. The van der Waals surface area contributed by atoms with E-state index < -0.39 is 0 Å². The second-order valence-corrected chi connectivity index (χ2v) is 5.63. The number of hydrogen-bond acceptors (Lipinski definition) is 6. The summed E-state index contributed by atoms with van der Waals surface area (Å²) < 4.78 is 2.03. The van der Waals surface area contributed by atoms with Crippen LogP contribution in [-0.4, -0.2) is 26.1 Å². The number of nitrogens with one attached hydrogen (secondary N) is 2. The number of nitrogen functional groups attached to an aromatic ring is 1. The van der Waals surface area contributed by atoms with Crippen LogP contribution in [0, 0.1) is 0 Å². The molecule has 124 valence electrons. The van der Waals surface area contributed by atoms with E-state index in [4.69, 9.17) is 17.3 Å². The molecule has 0 spiro atoms. The van der Waals surface area contributed by atoms with Crippen molar-refractivity contribution < 1.29 is 0 Å². The number of imidazole rings is 1. The third kappa shape index (κ3) is 4.14. The largest absolute Gasteiger partial charge is 0.393 e. The Hall–Kier alpha value is -2.80. The van der Waals surface area contributed by atoms with Crippen molar-refractivity contribution in [2.45, 2.75) is 13.0 Å². The molecule has 0 aliphatic heterocycles. The van der Waals surface area contributed by atoms with Crippen LogP contribution in [0.5, 0.6) is 0 Å². The Labute approximate surface area is 144 Å². The van der Waals surface area contributed by atoms with Gasteiger partial charge in [0.15, 0.2) is 11.6 Å². The normalized spacial score (nSPS) is 10.5. The SMILES string of the molecule is Nc1c(NCCCn2ccnc2)ncnc1Nc1ccc(Cl)cc1. The molecule has 0 unspecified atom stereocenters. The topological polar surface area (TPSA) is 93.7 Å².